The van der Waals surface area contributed by atoms with Gasteiger partial charge in [-0.1, -0.05) is 27.7 Å². The maximum Gasteiger partial charge on any atom is 0.153 e. The van der Waals surface area contributed by atoms with Crippen LogP contribution in [0, 0.1) is 0 Å². The fourth-order valence-corrected chi connectivity index (χ4v) is 1.89. The normalized spacial score (nSPS) is 12.2. The van der Waals surface area contributed by atoms with Gasteiger partial charge in [0.1, 0.15) is 5.75 Å². The predicted octanol–water partition coefficient (Wildman–Crippen LogP) is 4.14. The number of aryl methyl sites for hydroxylation is 2. The summed E-state index contributed by atoms with van der Waals surface area (Å²) in [6.45, 7) is 8.00. The fraction of sp³-hybridized carbons (Fsp3) is 0.533. The largest absolute Gasteiger partial charge is 0.507 e. The molecule has 2 rings (SSSR count). The van der Waals surface area contributed by atoms with E-state index in [4.69, 9.17) is 0 Å². The lowest BCUT2D eigenvalue weighted by atomic mass is 9.90. The van der Waals surface area contributed by atoms with Gasteiger partial charge in [-0.3, -0.25) is 4.79 Å². The van der Waals surface area contributed by atoms with Gasteiger partial charge in [-0.05, 0) is 48.9 Å². The summed E-state index contributed by atoms with van der Waals surface area (Å²) in [7, 11) is 0. The maximum atomic E-state index is 10.6. The molecule has 0 aromatic heterocycles. The molecule has 0 fully saturated rings. The smallest absolute Gasteiger partial charge is 0.153 e. The first-order chi connectivity index (χ1) is 8.31. The Hall–Kier alpha value is -1.31. The highest BCUT2D eigenvalue weighted by atomic mass is 16.3. The van der Waals surface area contributed by atoms with Gasteiger partial charge in [0, 0.05) is 0 Å². The predicted molar refractivity (Wildman–Crippen MR) is 72.8 cm³/mol. The van der Waals surface area contributed by atoms with Crippen molar-refractivity contribution >= 4 is 6.29 Å². The van der Waals surface area contributed by atoms with Gasteiger partial charge in [0.25, 0.3) is 0 Å². The minimum Gasteiger partial charge on any atom is -0.507 e. The molecule has 1 N–H and O–H groups in total. The summed E-state index contributed by atoms with van der Waals surface area (Å²) in [5, 5.41) is 9.44. The molecule has 1 aromatic rings. The summed E-state index contributed by atoms with van der Waals surface area (Å²) in [6, 6.07) is 3.55. The fourth-order valence-electron chi connectivity index (χ4n) is 1.89. The average molecular weight is 236 g/mol. The topological polar surface area (TPSA) is 37.3 Å². The molecule has 0 heterocycles. The van der Waals surface area contributed by atoms with E-state index in [2.05, 4.69) is 0 Å². The number of rotatable bonds is 1. The molecule has 1 aliphatic carbocycles. The van der Waals surface area contributed by atoms with Crippen LogP contribution in [0.3, 0.4) is 0 Å². The summed E-state index contributed by atoms with van der Waals surface area (Å²) in [5.41, 5.74) is 2.85. The summed E-state index contributed by atoms with van der Waals surface area (Å²) >= 11 is 0. The molecule has 0 atom stereocenters. The molecular formula is C15H24O2. The van der Waals surface area contributed by atoms with Gasteiger partial charge >= 0.3 is 0 Å². The van der Waals surface area contributed by atoms with Gasteiger partial charge in [0.2, 0.25) is 0 Å². The third-order valence-electron chi connectivity index (χ3n) is 2.62. The van der Waals surface area contributed by atoms with Gasteiger partial charge in [-0.15, -0.1) is 0 Å². The molecule has 0 aliphatic heterocycles. The van der Waals surface area contributed by atoms with Crippen molar-refractivity contribution in [2.75, 3.05) is 0 Å². The number of carbonyl (C=O) groups is 1. The average Bonchev–Trinajstić information content (AvgIpc) is 2.42. The molecule has 2 nitrogen and oxygen atoms in total. The number of carbonyl (C=O) groups excluding carboxylic acids is 1. The van der Waals surface area contributed by atoms with Crippen molar-refractivity contribution in [1.82, 2.24) is 0 Å². The number of aromatic hydroxyl groups is 1. The Labute approximate surface area is 105 Å². The molecule has 2 heteroatoms. The van der Waals surface area contributed by atoms with Crippen LogP contribution in [0.2, 0.25) is 0 Å². The summed E-state index contributed by atoms with van der Waals surface area (Å²) in [4.78, 5) is 10.6. The second-order valence-corrected chi connectivity index (χ2v) is 3.50. The van der Waals surface area contributed by atoms with Crippen LogP contribution in [-0.4, -0.2) is 11.4 Å². The van der Waals surface area contributed by atoms with Gasteiger partial charge in [0.05, 0.1) is 5.56 Å². The molecule has 0 radical (unpaired) electrons. The lowest BCUT2D eigenvalue weighted by Crippen LogP contribution is -2.03. The van der Waals surface area contributed by atoms with Crippen molar-refractivity contribution in [1.29, 1.82) is 0 Å². The number of fused-ring (bicyclic) bond motifs is 1. The van der Waals surface area contributed by atoms with Crippen LogP contribution in [0.1, 0.15) is 62.0 Å². The molecule has 0 saturated carbocycles. The number of phenolic OH excluding ortho intramolecular Hbond substituents is 1. The molecule has 1 aliphatic rings. The molecule has 0 bridgehead atoms. The number of benzene rings is 1. The van der Waals surface area contributed by atoms with Gasteiger partial charge in [-0.2, -0.15) is 0 Å². The number of phenols is 1. The zero-order chi connectivity index (χ0) is 13.3. The maximum absolute atomic E-state index is 10.6. The van der Waals surface area contributed by atoms with Crippen molar-refractivity contribution < 1.29 is 9.90 Å². The molecule has 1 aromatic carbocycles. The molecule has 96 valence electrons. The molecular weight excluding hydrogens is 212 g/mol. The lowest BCUT2D eigenvalue weighted by Gasteiger charge is -2.16. The Morgan fingerprint density at radius 2 is 1.47 bits per heavy atom. The van der Waals surface area contributed by atoms with Crippen LogP contribution >= 0.6 is 0 Å². The van der Waals surface area contributed by atoms with Gasteiger partial charge < -0.3 is 5.11 Å². The van der Waals surface area contributed by atoms with E-state index in [0.717, 1.165) is 12.8 Å². The van der Waals surface area contributed by atoms with E-state index < -0.39 is 0 Å². The van der Waals surface area contributed by atoms with Crippen molar-refractivity contribution in [3.05, 3.63) is 28.8 Å². The highest BCUT2D eigenvalue weighted by molar-refractivity contribution is 5.79. The van der Waals surface area contributed by atoms with Crippen LogP contribution in [-0.2, 0) is 12.8 Å². The molecule has 0 unspecified atom stereocenters. The summed E-state index contributed by atoms with van der Waals surface area (Å²) < 4.78 is 0. The first kappa shape index (κ1) is 15.7. The quantitative estimate of drug-likeness (QED) is 0.744. The molecule has 0 saturated heterocycles. The number of hydrogen-bond acceptors (Lipinski definition) is 2. The summed E-state index contributed by atoms with van der Waals surface area (Å²) in [6.07, 6.45) is 5.16. The van der Waals surface area contributed by atoms with Gasteiger partial charge in [-0.25, -0.2) is 0 Å². The van der Waals surface area contributed by atoms with E-state index in [1.807, 2.05) is 33.8 Å². The van der Waals surface area contributed by atoms with E-state index in [9.17, 15) is 9.90 Å². The van der Waals surface area contributed by atoms with Crippen molar-refractivity contribution in [3.8, 4) is 5.75 Å². The van der Waals surface area contributed by atoms with E-state index in [1.54, 1.807) is 6.07 Å². The summed E-state index contributed by atoms with van der Waals surface area (Å²) in [5.74, 6) is 0.121. The Morgan fingerprint density at radius 1 is 1.00 bits per heavy atom. The Bertz CT molecular complexity index is 343. The first-order valence-electron chi connectivity index (χ1n) is 6.61. The van der Waals surface area contributed by atoms with Crippen molar-refractivity contribution in [3.63, 3.8) is 0 Å². The van der Waals surface area contributed by atoms with E-state index in [1.165, 1.54) is 24.0 Å². The van der Waals surface area contributed by atoms with Crippen molar-refractivity contribution in [2.45, 2.75) is 53.4 Å². The third kappa shape index (κ3) is 4.22. The lowest BCUT2D eigenvalue weighted by molar-refractivity contribution is 0.112. The SMILES string of the molecule is CC.CC.O=Cc1cc2c(cc1O)CCCC2. The second-order valence-electron chi connectivity index (χ2n) is 3.50. The second kappa shape index (κ2) is 8.80. The van der Waals surface area contributed by atoms with E-state index in [0.29, 0.717) is 11.8 Å². The van der Waals surface area contributed by atoms with Crippen LogP contribution in [0.15, 0.2) is 12.1 Å². The minimum atomic E-state index is 0.121. The molecule has 0 amide bonds. The zero-order valence-corrected chi connectivity index (χ0v) is 11.4. The van der Waals surface area contributed by atoms with Crippen LogP contribution in [0.25, 0.3) is 0 Å². The van der Waals surface area contributed by atoms with Gasteiger partial charge in [0.15, 0.2) is 6.29 Å². The first-order valence-corrected chi connectivity index (χ1v) is 6.61. The Morgan fingerprint density at radius 3 is 1.94 bits per heavy atom. The van der Waals surface area contributed by atoms with Crippen molar-refractivity contribution in [2.24, 2.45) is 0 Å². The standard InChI is InChI=1S/C11H12O2.2C2H6/c12-7-10-5-8-3-1-2-4-9(8)6-11(10)13;2*1-2/h5-7,13H,1-4H2;2*1-2H3. The Kier molecular flexibility index (Phi) is 8.12. The highest BCUT2D eigenvalue weighted by Gasteiger charge is 2.12. The van der Waals surface area contributed by atoms with Crippen LogP contribution < -0.4 is 0 Å². The number of aldehydes is 1. The molecule has 17 heavy (non-hydrogen) atoms. The van der Waals surface area contributed by atoms with Crippen LogP contribution in [0.4, 0.5) is 0 Å². The highest BCUT2D eigenvalue weighted by Crippen LogP contribution is 2.27. The monoisotopic (exact) mass is 236 g/mol. The third-order valence-corrected chi connectivity index (χ3v) is 2.62. The van der Waals surface area contributed by atoms with Crippen LogP contribution in [0.5, 0.6) is 5.75 Å². The minimum absolute atomic E-state index is 0.121. The molecule has 0 spiro atoms. The Balaban J connectivity index is 0.000000581. The zero-order valence-electron chi connectivity index (χ0n) is 11.4. The number of hydrogen-bond donors (Lipinski definition) is 1. The van der Waals surface area contributed by atoms with E-state index in [-0.39, 0.29) is 5.75 Å². The van der Waals surface area contributed by atoms with E-state index >= 15 is 0 Å².